The third kappa shape index (κ3) is 6.64. The Bertz CT molecular complexity index is 343. The summed E-state index contributed by atoms with van der Waals surface area (Å²) in [5.74, 6) is -0.881. The highest BCUT2D eigenvalue weighted by Gasteiger charge is 2.42. The standard InChI is InChI=1S/C8H9F4N3O3/c9-6(10)8(11,12)18-4-3-14-7(17)15-5(16)1-2-13/h6H,1,3-4H2,(H2,14,15,16,17). The molecular formula is C8H9F4N3O3. The van der Waals surface area contributed by atoms with Gasteiger partial charge in [0.2, 0.25) is 5.91 Å². The van der Waals surface area contributed by atoms with Crippen LogP contribution < -0.4 is 10.6 Å². The third-order valence-electron chi connectivity index (χ3n) is 1.43. The van der Waals surface area contributed by atoms with Crippen LogP contribution in [0.3, 0.4) is 0 Å². The summed E-state index contributed by atoms with van der Waals surface area (Å²) in [6.07, 6.45) is -9.11. The van der Waals surface area contributed by atoms with E-state index in [-0.39, 0.29) is 0 Å². The van der Waals surface area contributed by atoms with E-state index in [1.807, 2.05) is 5.32 Å². The van der Waals surface area contributed by atoms with Crippen molar-refractivity contribution in [1.29, 1.82) is 5.26 Å². The van der Waals surface area contributed by atoms with Gasteiger partial charge in [0.25, 0.3) is 0 Å². The van der Waals surface area contributed by atoms with Crippen molar-refractivity contribution in [3.63, 3.8) is 0 Å². The summed E-state index contributed by atoms with van der Waals surface area (Å²) in [6.45, 7) is -1.37. The van der Waals surface area contributed by atoms with Crippen molar-refractivity contribution in [2.24, 2.45) is 0 Å². The van der Waals surface area contributed by atoms with Crippen molar-refractivity contribution >= 4 is 11.9 Å². The number of nitrogens with zero attached hydrogens (tertiary/aromatic N) is 1. The van der Waals surface area contributed by atoms with Crippen LogP contribution in [0, 0.1) is 11.3 Å². The minimum atomic E-state index is -4.59. The largest absolute Gasteiger partial charge is 0.416 e. The van der Waals surface area contributed by atoms with Crippen LogP contribution in [0.5, 0.6) is 0 Å². The first kappa shape index (κ1) is 16.1. The molecule has 0 aliphatic heterocycles. The predicted molar refractivity (Wildman–Crippen MR) is 48.7 cm³/mol. The Morgan fingerprint density at radius 2 is 2.00 bits per heavy atom. The second-order valence-corrected chi connectivity index (χ2v) is 2.85. The molecule has 0 saturated carbocycles. The van der Waals surface area contributed by atoms with Gasteiger partial charge in [-0.1, -0.05) is 0 Å². The molecule has 0 atom stereocenters. The van der Waals surface area contributed by atoms with Crippen LogP contribution in [0.2, 0.25) is 0 Å². The zero-order valence-corrected chi connectivity index (χ0v) is 8.88. The topological polar surface area (TPSA) is 91.2 Å². The van der Waals surface area contributed by atoms with E-state index in [0.29, 0.717) is 0 Å². The number of imide groups is 1. The van der Waals surface area contributed by atoms with Gasteiger partial charge in [-0.25, -0.2) is 13.6 Å². The summed E-state index contributed by atoms with van der Waals surface area (Å²) in [7, 11) is 0. The normalized spacial score (nSPS) is 10.9. The van der Waals surface area contributed by atoms with Gasteiger partial charge < -0.3 is 10.1 Å². The summed E-state index contributed by atoms with van der Waals surface area (Å²) >= 11 is 0. The van der Waals surface area contributed by atoms with E-state index < -0.39 is 44.0 Å². The molecule has 0 bridgehead atoms. The predicted octanol–water partition coefficient (Wildman–Crippen LogP) is 0.600. The molecule has 0 spiro atoms. The molecule has 0 aromatic carbocycles. The van der Waals surface area contributed by atoms with Gasteiger partial charge in [-0.2, -0.15) is 14.0 Å². The number of rotatable bonds is 6. The molecule has 0 aliphatic carbocycles. The molecule has 10 heteroatoms. The van der Waals surface area contributed by atoms with Gasteiger partial charge in [0.15, 0.2) is 0 Å². The van der Waals surface area contributed by atoms with Crippen LogP contribution in [0.1, 0.15) is 6.42 Å². The molecule has 0 rings (SSSR count). The Kier molecular flexibility index (Phi) is 6.66. The van der Waals surface area contributed by atoms with E-state index in [0.717, 1.165) is 0 Å². The fourth-order valence-electron chi connectivity index (χ4n) is 0.701. The molecule has 6 nitrogen and oxygen atoms in total. The van der Waals surface area contributed by atoms with Crippen LogP contribution in [-0.4, -0.2) is 37.6 Å². The molecule has 3 amide bonds. The summed E-state index contributed by atoms with van der Waals surface area (Å²) < 4.78 is 51.1. The number of hydrogen-bond donors (Lipinski definition) is 2. The lowest BCUT2D eigenvalue weighted by Gasteiger charge is -2.15. The highest BCUT2D eigenvalue weighted by Crippen LogP contribution is 2.23. The van der Waals surface area contributed by atoms with E-state index in [1.54, 1.807) is 5.32 Å². The van der Waals surface area contributed by atoms with Crippen molar-refractivity contribution in [1.82, 2.24) is 10.6 Å². The van der Waals surface area contributed by atoms with Crippen molar-refractivity contribution in [2.75, 3.05) is 13.2 Å². The van der Waals surface area contributed by atoms with Gasteiger partial charge in [-0.3, -0.25) is 10.1 Å². The van der Waals surface area contributed by atoms with E-state index in [9.17, 15) is 27.2 Å². The van der Waals surface area contributed by atoms with E-state index >= 15 is 0 Å². The molecule has 102 valence electrons. The molecule has 0 saturated heterocycles. The molecule has 0 radical (unpaired) electrons. The second-order valence-electron chi connectivity index (χ2n) is 2.85. The molecule has 0 aromatic heterocycles. The van der Waals surface area contributed by atoms with Crippen molar-refractivity contribution in [3.8, 4) is 6.07 Å². The molecule has 0 unspecified atom stereocenters. The maximum absolute atomic E-state index is 12.2. The van der Waals surface area contributed by atoms with Crippen LogP contribution in [0.25, 0.3) is 0 Å². The first-order valence-corrected chi connectivity index (χ1v) is 4.54. The Morgan fingerprint density at radius 1 is 1.39 bits per heavy atom. The minimum Gasteiger partial charge on any atom is -0.335 e. The smallest absolute Gasteiger partial charge is 0.335 e. The monoisotopic (exact) mass is 271 g/mol. The first-order chi connectivity index (χ1) is 8.29. The molecule has 0 fully saturated rings. The second kappa shape index (κ2) is 7.44. The third-order valence-corrected chi connectivity index (χ3v) is 1.43. The van der Waals surface area contributed by atoms with Gasteiger partial charge in [0.05, 0.1) is 12.7 Å². The van der Waals surface area contributed by atoms with Crippen LogP contribution >= 0.6 is 0 Å². The number of hydrogen-bond acceptors (Lipinski definition) is 4. The molecule has 18 heavy (non-hydrogen) atoms. The number of halogens is 4. The average Bonchev–Trinajstić information content (AvgIpc) is 2.24. The summed E-state index contributed by atoms with van der Waals surface area (Å²) in [6, 6.07) is 0.431. The Balaban J connectivity index is 3.77. The van der Waals surface area contributed by atoms with E-state index in [1.165, 1.54) is 6.07 Å². The van der Waals surface area contributed by atoms with Gasteiger partial charge in [-0.15, -0.1) is 0 Å². The molecule has 0 aliphatic rings. The minimum absolute atomic E-state index is 0.506. The van der Waals surface area contributed by atoms with Crippen LogP contribution in [-0.2, 0) is 9.53 Å². The Morgan fingerprint density at radius 3 is 2.50 bits per heavy atom. The maximum atomic E-state index is 12.2. The van der Waals surface area contributed by atoms with E-state index in [4.69, 9.17) is 5.26 Å². The maximum Gasteiger partial charge on any atom is 0.416 e. The van der Waals surface area contributed by atoms with Gasteiger partial charge in [-0.05, 0) is 0 Å². The molecular weight excluding hydrogens is 262 g/mol. The fourth-order valence-corrected chi connectivity index (χ4v) is 0.701. The summed E-state index contributed by atoms with van der Waals surface area (Å²) in [5, 5.41) is 11.7. The summed E-state index contributed by atoms with van der Waals surface area (Å²) in [4.78, 5) is 21.5. The highest BCUT2D eigenvalue weighted by atomic mass is 19.3. The molecule has 2 N–H and O–H groups in total. The zero-order valence-electron chi connectivity index (χ0n) is 8.88. The quantitative estimate of drug-likeness (QED) is 0.546. The lowest BCUT2D eigenvalue weighted by molar-refractivity contribution is -0.299. The van der Waals surface area contributed by atoms with Gasteiger partial charge >= 0.3 is 18.6 Å². The van der Waals surface area contributed by atoms with Crippen LogP contribution in [0.4, 0.5) is 22.4 Å². The fraction of sp³-hybridized carbons (Fsp3) is 0.625. The molecule has 0 heterocycles. The highest BCUT2D eigenvalue weighted by molar-refractivity contribution is 5.95. The Hall–Kier alpha value is -1.89. The van der Waals surface area contributed by atoms with Crippen LogP contribution in [0.15, 0.2) is 0 Å². The first-order valence-electron chi connectivity index (χ1n) is 4.54. The molecule has 0 aromatic rings. The SMILES string of the molecule is N#CCC(=O)NC(=O)NCCOC(F)(F)C(F)F. The van der Waals surface area contributed by atoms with Gasteiger partial charge in [0, 0.05) is 6.54 Å². The number of carbonyl (C=O) groups is 2. The number of urea groups is 1. The average molecular weight is 271 g/mol. The number of ether oxygens (including phenoxy) is 1. The Labute approximate surface area is 98.9 Å². The summed E-state index contributed by atoms with van der Waals surface area (Å²) in [5.41, 5.74) is 0. The lowest BCUT2D eigenvalue weighted by atomic mass is 10.4. The van der Waals surface area contributed by atoms with Gasteiger partial charge in [0.1, 0.15) is 6.42 Å². The number of carbonyl (C=O) groups excluding carboxylic acids is 2. The van der Waals surface area contributed by atoms with Crippen molar-refractivity contribution in [3.05, 3.63) is 0 Å². The number of nitriles is 1. The zero-order chi connectivity index (χ0) is 14.2. The number of amides is 3. The van der Waals surface area contributed by atoms with E-state index in [2.05, 4.69) is 4.74 Å². The van der Waals surface area contributed by atoms with Crippen molar-refractivity contribution < 1.29 is 31.9 Å². The number of nitrogens with one attached hydrogen (secondary N) is 2. The lowest BCUT2D eigenvalue weighted by Crippen LogP contribution is -2.41. The number of alkyl halides is 4. The van der Waals surface area contributed by atoms with Crippen molar-refractivity contribution in [2.45, 2.75) is 19.0 Å².